The molecule has 27 heavy (non-hydrogen) atoms. The smallest absolute Gasteiger partial charge is 0.191 e. The Bertz CT molecular complexity index is 729. The highest BCUT2D eigenvalue weighted by Gasteiger charge is 2.20. The molecule has 0 saturated carbocycles. The zero-order valence-corrected chi connectivity index (χ0v) is 16.9. The van der Waals surface area contributed by atoms with Gasteiger partial charge in [0.1, 0.15) is 5.82 Å². The zero-order chi connectivity index (χ0) is 19.1. The molecule has 0 aliphatic carbocycles. The summed E-state index contributed by atoms with van der Waals surface area (Å²) >= 11 is 0. The molecule has 2 aromatic heterocycles. The summed E-state index contributed by atoms with van der Waals surface area (Å²) in [6.45, 7) is 9.00. The molecule has 1 fully saturated rings. The molecule has 1 aliphatic heterocycles. The Morgan fingerprint density at radius 1 is 1.26 bits per heavy atom. The molecule has 1 saturated heterocycles. The lowest BCUT2D eigenvalue weighted by Gasteiger charge is -2.34. The summed E-state index contributed by atoms with van der Waals surface area (Å²) in [5.41, 5.74) is 0.904. The molecule has 7 heteroatoms. The van der Waals surface area contributed by atoms with Crippen LogP contribution in [-0.4, -0.2) is 64.7 Å². The topological polar surface area (TPSA) is 69.8 Å². The summed E-state index contributed by atoms with van der Waals surface area (Å²) in [5.74, 6) is 2.66. The molecule has 0 spiro atoms. The number of guanidine groups is 1. The Balaban J connectivity index is 1.37. The third-order valence-electron chi connectivity index (χ3n) is 5.03. The molecule has 0 radical (unpaired) electrons. The van der Waals surface area contributed by atoms with Crippen molar-refractivity contribution in [1.29, 1.82) is 0 Å². The molecule has 148 valence electrons. The highest BCUT2D eigenvalue weighted by molar-refractivity contribution is 5.79. The van der Waals surface area contributed by atoms with Crippen LogP contribution in [-0.2, 0) is 6.42 Å². The lowest BCUT2D eigenvalue weighted by molar-refractivity contribution is 0.187. The molecule has 2 aromatic rings. The summed E-state index contributed by atoms with van der Waals surface area (Å²) < 4.78 is 2.05. The quantitative estimate of drug-likeness (QED) is 0.442. The fraction of sp³-hybridized carbons (Fsp3) is 0.650. The molecule has 1 aliphatic rings. The van der Waals surface area contributed by atoms with E-state index in [-0.39, 0.29) is 0 Å². The molecule has 3 rings (SSSR count). The number of pyridine rings is 1. The van der Waals surface area contributed by atoms with Gasteiger partial charge in [-0.15, -0.1) is 10.2 Å². The first-order chi connectivity index (χ1) is 13.2. The lowest BCUT2D eigenvalue weighted by atomic mass is 10.0. The van der Waals surface area contributed by atoms with Gasteiger partial charge < -0.3 is 15.5 Å². The van der Waals surface area contributed by atoms with Crippen LogP contribution in [0, 0.1) is 5.92 Å². The van der Waals surface area contributed by atoms with Crippen molar-refractivity contribution in [1.82, 2.24) is 30.1 Å². The summed E-state index contributed by atoms with van der Waals surface area (Å²) in [5, 5.41) is 15.5. The molecule has 0 bridgehead atoms. The van der Waals surface area contributed by atoms with E-state index in [2.05, 4.69) is 49.0 Å². The first kappa shape index (κ1) is 19.6. The maximum atomic E-state index is 4.38. The SMILES string of the molecule is CN=C(NCCCc1nnc2ccccn12)NC1CCN(CC(C)C)CC1. The minimum absolute atomic E-state index is 0.514. The van der Waals surface area contributed by atoms with Gasteiger partial charge in [-0.2, -0.15) is 0 Å². The van der Waals surface area contributed by atoms with Gasteiger partial charge >= 0.3 is 0 Å². The maximum absolute atomic E-state index is 4.38. The summed E-state index contributed by atoms with van der Waals surface area (Å²) in [4.78, 5) is 6.95. The van der Waals surface area contributed by atoms with Crippen LogP contribution in [0.5, 0.6) is 0 Å². The van der Waals surface area contributed by atoms with Gasteiger partial charge in [0.25, 0.3) is 0 Å². The van der Waals surface area contributed by atoms with Crippen molar-refractivity contribution in [2.24, 2.45) is 10.9 Å². The van der Waals surface area contributed by atoms with Crippen LogP contribution in [0.1, 0.15) is 38.9 Å². The van der Waals surface area contributed by atoms with E-state index in [1.54, 1.807) is 0 Å². The molecule has 0 unspecified atom stereocenters. The second kappa shape index (κ2) is 9.69. The average Bonchev–Trinajstić information content (AvgIpc) is 3.08. The van der Waals surface area contributed by atoms with E-state index in [4.69, 9.17) is 0 Å². The molecular weight excluding hydrogens is 338 g/mol. The fourth-order valence-electron chi connectivity index (χ4n) is 3.68. The van der Waals surface area contributed by atoms with Gasteiger partial charge in [0.15, 0.2) is 11.6 Å². The Hall–Kier alpha value is -2.15. The van der Waals surface area contributed by atoms with Crippen molar-refractivity contribution in [3.63, 3.8) is 0 Å². The zero-order valence-electron chi connectivity index (χ0n) is 16.9. The first-order valence-corrected chi connectivity index (χ1v) is 10.1. The Labute approximate surface area is 162 Å². The molecule has 2 N–H and O–H groups in total. The summed E-state index contributed by atoms with van der Waals surface area (Å²) in [6.07, 6.45) is 6.26. The van der Waals surface area contributed by atoms with Crippen LogP contribution in [0.2, 0.25) is 0 Å². The van der Waals surface area contributed by atoms with E-state index >= 15 is 0 Å². The standard InChI is InChI=1S/C20H33N7/c1-16(2)15-26-13-9-17(10-14-26)23-20(21-3)22-11-6-8-19-25-24-18-7-4-5-12-27(18)19/h4-5,7,12,16-17H,6,8-11,13-15H2,1-3H3,(H2,21,22,23). The Morgan fingerprint density at radius 2 is 2.07 bits per heavy atom. The van der Waals surface area contributed by atoms with Crippen molar-refractivity contribution in [2.75, 3.05) is 33.2 Å². The normalized spacial score (nSPS) is 17.0. The molecule has 0 aromatic carbocycles. The van der Waals surface area contributed by atoms with Crippen LogP contribution >= 0.6 is 0 Å². The first-order valence-electron chi connectivity index (χ1n) is 10.1. The van der Waals surface area contributed by atoms with Gasteiger partial charge in [-0.05, 0) is 37.3 Å². The molecular formula is C20H33N7. The van der Waals surface area contributed by atoms with Crippen LogP contribution < -0.4 is 10.6 Å². The van der Waals surface area contributed by atoms with E-state index in [1.807, 2.05) is 31.4 Å². The largest absolute Gasteiger partial charge is 0.356 e. The number of hydrogen-bond acceptors (Lipinski definition) is 4. The molecule has 3 heterocycles. The van der Waals surface area contributed by atoms with E-state index in [0.29, 0.717) is 6.04 Å². The van der Waals surface area contributed by atoms with Gasteiger partial charge in [0.05, 0.1) is 0 Å². The molecule has 7 nitrogen and oxygen atoms in total. The number of rotatable bonds is 7. The fourth-order valence-corrected chi connectivity index (χ4v) is 3.68. The minimum atomic E-state index is 0.514. The van der Waals surface area contributed by atoms with Crippen molar-refractivity contribution in [3.05, 3.63) is 30.2 Å². The number of piperidine rings is 1. The lowest BCUT2D eigenvalue weighted by Crippen LogP contribution is -2.49. The maximum Gasteiger partial charge on any atom is 0.191 e. The average molecular weight is 372 g/mol. The van der Waals surface area contributed by atoms with Crippen molar-refractivity contribution in [2.45, 2.75) is 45.6 Å². The van der Waals surface area contributed by atoms with Gasteiger partial charge in [-0.25, -0.2) is 0 Å². The number of aryl methyl sites for hydroxylation is 1. The van der Waals surface area contributed by atoms with Crippen molar-refractivity contribution >= 4 is 11.6 Å². The Morgan fingerprint density at radius 3 is 2.81 bits per heavy atom. The third kappa shape index (κ3) is 5.66. The van der Waals surface area contributed by atoms with Crippen molar-refractivity contribution in [3.8, 4) is 0 Å². The summed E-state index contributed by atoms with van der Waals surface area (Å²) in [6, 6.07) is 6.49. The van der Waals surface area contributed by atoms with Gasteiger partial charge in [0, 0.05) is 51.9 Å². The van der Waals surface area contributed by atoms with Gasteiger partial charge in [-0.3, -0.25) is 9.39 Å². The predicted molar refractivity (Wildman–Crippen MR) is 110 cm³/mol. The van der Waals surface area contributed by atoms with Crippen LogP contribution in [0.3, 0.4) is 0 Å². The van der Waals surface area contributed by atoms with E-state index in [9.17, 15) is 0 Å². The minimum Gasteiger partial charge on any atom is -0.356 e. The molecule has 0 atom stereocenters. The third-order valence-corrected chi connectivity index (χ3v) is 5.03. The Kier molecular flexibility index (Phi) is 7.04. The number of aromatic nitrogens is 3. The van der Waals surface area contributed by atoms with E-state index < -0.39 is 0 Å². The molecule has 0 amide bonds. The highest BCUT2D eigenvalue weighted by Crippen LogP contribution is 2.12. The highest BCUT2D eigenvalue weighted by atomic mass is 15.2. The van der Waals surface area contributed by atoms with E-state index in [0.717, 1.165) is 42.7 Å². The van der Waals surface area contributed by atoms with Crippen LogP contribution in [0.15, 0.2) is 29.4 Å². The van der Waals surface area contributed by atoms with Gasteiger partial charge in [0.2, 0.25) is 0 Å². The van der Waals surface area contributed by atoms with Crippen LogP contribution in [0.4, 0.5) is 0 Å². The number of nitrogens with one attached hydrogen (secondary N) is 2. The second-order valence-corrected chi connectivity index (χ2v) is 7.76. The number of hydrogen-bond donors (Lipinski definition) is 2. The number of likely N-dealkylation sites (tertiary alicyclic amines) is 1. The van der Waals surface area contributed by atoms with Gasteiger partial charge in [-0.1, -0.05) is 19.9 Å². The summed E-state index contributed by atoms with van der Waals surface area (Å²) in [7, 11) is 1.84. The van der Waals surface area contributed by atoms with Crippen molar-refractivity contribution < 1.29 is 0 Å². The monoisotopic (exact) mass is 371 g/mol. The van der Waals surface area contributed by atoms with Crippen LogP contribution in [0.25, 0.3) is 5.65 Å². The van der Waals surface area contributed by atoms with E-state index in [1.165, 1.54) is 32.5 Å². The number of fused-ring (bicyclic) bond motifs is 1. The number of aliphatic imine (C=N–C) groups is 1. The number of nitrogens with zero attached hydrogens (tertiary/aromatic N) is 5. The predicted octanol–water partition coefficient (Wildman–Crippen LogP) is 1.95. The second-order valence-electron chi connectivity index (χ2n) is 7.76.